The molecule has 7 nitrogen and oxygen atoms in total. The van der Waals surface area contributed by atoms with Crippen LogP contribution in [0.4, 0.5) is 0 Å². The fraction of sp³-hybridized carbons (Fsp3) is 0.188. The van der Waals surface area contributed by atoms with Crippen LogP contribution in [0.15, 0.2) is 64.3 Å². The molecule has 23 heavy (non-hydrogen) atoms. The highest BCUT2D eigenvalue weighted by Crippen LogP contribution is 2.19. The van der Waals surface area contributed by atoms with Gasteiger partial charge < -0.3 is 9.47 Å². The summed E-state index contributed by atoms with van der Waals surface area (Å²) in [6.07, 6.45) is 3.64. The molecule has 2 aromatic rings. The summed E-state index contributed by atoms with van der Waals surface area (Å²) in [7, 11) is 0. The molecule has 0 saturated carbocycles. The van der Waals surface area contributed by atoms with Crippen LogP contribution in [-0.2, 0) is 9.47 Å². The molecule has 0 radical (unpaired) electrons. The number of rotatable bonds is 4. The molecule has 0 amide bonds. The Morgan fingerprint density at radius 2 is 1.96 bits per heavy atom. The highest BCUT2D eigenvalue weighted by atomic mass is 16.6. The van der Waals surface area contributed by atoms with Gasteiger partial charge in [-0.05, 0) is 18.2 Å². The van der Waals surface area contributed by atoms with Crippen molar-refractivity contribution in [2.24, 2.45) is 0 Å². The zero-order valence-electron chi connectivity index (χ0n) is 12.0. The van der Waals surface area contributed by atoms with Crippen molar-refractivity contribution in [3.63, 3.8) is 0 Å². The standard InChI is InChI=1S/C16H14N2O5/c19-13-8-9-18(16(21)17-13)14-7-6-12(23-14)10-22-15(20)11-4-2-1-3-5-11/h1-9,12,14H,10H2,(H,17,19,21)/t12-,14-/m0/s1. The number of hydrogen-bond donors (Lipinski definition) is 1. The molecule has 7 heteroatoms. The van der Waals surface area contributed by atoms with E-state index in [4.69, 9.17) is 9.47 Å². The number of H-pyrrole nitrogens is 1. The van der Waals surface area contributed by atoms with Gasteiger partial charge in [-0.3, -0.25) is 14.3 Å². The maximum atomic E-state index is 11.8. The van der Waals surface area contributed by atoms with E-state index in [-0.39, 0.29) is 6.61 Å². The SMILES string of the molecule is O=C(OC[C@@H]1C=C[C@@H](n2ccc(=O)[nH]c2=O)O1)c1ccccc1. The summed E-state index contributed by atoms with van der Waals surface area (Å²) in [5.41, 5.74) is -0.571. The zero-order valence-corrected chi connectivity index (χ0v) is 12.0. The minimum atomic E-state index is -0.639. The van der Waals surface area contributed by atoms with E-state index in [0.717, 1.165) is 0 Å². The van der Waals surface area contributed by atoms with E-state index in [1.807, 2.05) is 6.07 Å². The topological polar surface area (TPSA) is 90.4 Å². The molecule has 1 aromatic heterocycles. The molecule has 1 aliphatic heterocycles. The summed E-state index contributed by atoms with van der Waals surface area (Å²) < 4.78 is 12.0. The number of benzene rings is 1. The molecule has 0 spiro atoms. The van der Waals surface area contributed by atoms with Gasteiger partial charge in [0.15, 0.2) is 6.23 Å². The van der Waals surface area contributed by atoms with Gasteiger partial charge in [0.05, 0.1) is 5.56 Å². The van der Waals surface area contributed by atoms with Crippen molar-refractivity contribution in [3.8, 4) is 0 Å². The van der Waals surface area contributed by atoms with Crippen molar-refractivity contribution in [2.45, 2.75) is 12.3 Å². The molecular weight excluding hydrogens is 300 g/mol. The van der Waals surface area contributed by atoms with Crippen LogP contribution >= 0.6 is 0 Å². The maximum Gasteiger partial charge on any atom is 0.338 e. The number of carbonyl (C=O) groups is 1. The molecule has 2 atom stereocenters. The number of carbonyl (C=O) groups excluding carboxylic acids is 1. The number of nitrogens with zero attached hydrogens (tertiary/aromatic N) is 1. The van der Waals surface area contributed by atoms with Crippen LogP contribution in [0.25, 0.3) is 0 Å². The Bertz CT molecular complexity index is 837. The van der Waals surface area contributed by atoms with E-state index in [1.54, 1.807) is 36.4 Å². The second kappa shape index (κ2) is 6.45. The van der Waals surface area contributed by atoms with Crippen LogP contribution in [0.5, 0.6) is 0 Å². The lowest BCUT2D eigenvalue weighted by Gasteiger charge is -2.15. The molecule has 2 heterocycles. The van der Waals surface area contributed by atoms with Crippen LogP contribution in [0.2, 0.25) is 0 Å². The first kappa shape index (κ1) is 15.0. The number of aromatic amines is 1. The Morgan fingerprint density at radius 1 is 1.17 bits per heavy atom. The van der Waals surface area contributed by atoms with Crippen molar-refractivity contribution in [1.29, 1.82) is 0 Å². The third-order valence-corrected chi connectivity index (χ3v) is 3.32. The van der Waals surface area contributed by atoms with Crippen molar-refractivity contribution in [2.75, 3.05) is 6.61 Å². The second-order valence-electron chi connectivity index (χ2n) is 4.93. The number of esters is 1. The van der Waals surface area contributed by atoms with E-state index in [1.165, 1.54) is 16.8 Å². The van der Waals surface area contributed by atoms with E-state index < -0.39 is 29.6 Å². The molecule has 0 unspecified atom stereocenters. The third-order valence-electron chi connectivity index (χ3n) is 3.32. The molecule has 1 aromatic carbocycles. The molecule has 0 aliphatic carbocycles. The molecule has 0 fully saturated rings. The van der Waals surface area contributed by atoms with Crippen molar-refractivity contribution in [3.05, 3.63) is 81.1 Å². The average Bonchev–Trinajstić information content (AvgIpc) is 3.02. The molecule has 1 aliphatic rings. The van der Waals surface area contributed by atoms with E-state index >= 15 is 0 Å². The summed E-state index contributed by atoms with van der Waals surface area (Å²) in [4.78, 5) is 36.7. The van der Waals surface area contributed by atoms with Crippen LogP contribution in [-0.4, -0.2) is 28.2 Å². The van der Waals surface area contributed by atoms with Crippen LogP contribution in [0.3, 0.4) is 0 Å². The summed E-state index contributed by atoms with van der Waals surface area (Å²) in [5, 5.41) is 0. The Hall–Kier alpha value is -2.93. The number of aromatic nitrogens is 2. The molecular formula is C16H14N2O5. The maximum absolute atomic E-state index is 11.8. The van der Waals surface area contributed by atoms with Crippen LogP contribution in [0.1, 0.15) is 16.6 Å². The molecule has 118 valence electrons. The van der Waals surface area contributed by atoms with Crippen LogP contribution in [0, 0.1) is 0 Å². The van der Waals surface area contributed by atoms with Gasteiger partial charge in [0.25, 0.3) is 5.56 Å². The summed E-state index contributed by atoms with van der Waals surface area (Å²) in [5.74, 6) is -0.438. The Labute approximate surface area is 130 Å². The fourth-order valence-corrected chi connectivity index (χ4v) is 2.19. The Balaban J connectivity index is 1.58. The Kier molecular flexibility index (Phi) is 4.20. The lowest BCUT2D eigenvalue weighted by molar-refractivity contribution is -0.0223. The van der Waals surface area contributed by atoms with E-state index in [2.05, 4.69) is 4.98 Å². The average molecular weight is 314 g/mol. The largest absolute Gasteiger partial charge is 0.459 e. The number of hydrogen-bond acceptors (Lipinski definition) is 5. The minimum absolute atomic E-state index is 0.0405. The highest BCUT2D eigenvalue weighted by molar-refractivity contribution is 5.89. The Morgan fingerprint density at radius 3 is 2.70 bits per heavy atom. The lowest BCUT2D eigenvalue weighted by Crippen LogP contribution is -2.32. The second-order valence-corrected chi connectivity index (χ2v) is 4.93. The predicted octanol–water partition coefficient (Wildman–Crippen LogP) is 0.847. The van der Waals surface area contributed by atoms with Crippen molar-refractivity contribution >= 4 is 5.97 Å². The molecule has 3 rings (SSSR count). The van der Waals surface area contributed by atoms with Crippen molar-refractivity contribution in [1.82, 2.24) is 9.55 Å². The zero-order chi connectivity index (χ0) is 16.2. The first-order chi connectivity index (χ1) is 11.1. The van der Waals surface area contributed by atoms with Gasteiger partial charge in [0, 0.05) is 12.3 Å². The van der Waals surface area contributed by atoms with Gasteiger partial charge in [-0.25, -0.2) is 9.59 Å². The third kappa shape index (κ3) is 3.46. The summed E-state index contributed by atoms with van der Waals surface area (Å²) in [6, 6.07) is 9.88. The predicted molar refractivity (Wildman–Crippen MR) is 81.1 cm³/mol. The van der Waals surface area contributed by atoms with E-state index in [0.29, 0.717) is 5.56 Å². The lowest BCUT2D eigenvalue weighted by atomic mass is 10.2. The molecule has 0 bridgehead atoms. The monoisotopic (exact) mass is 314 g/mol. The van der Waals surface area contributed by atoms with Crippen LogP contribution < -0.4 is 11.2 Å². The van der Waals surface area contributed by atoms with Gasteiger partial charge in [-0.2, -0.15) is 0 Å². The van der Waals surface area contributed by atoms with Gasteiger partial charge >= 0.3 is 11.7 Å². The van der Waals surface area contributed by atoms with Gasteiger partial charge in [-0.1, -0.05) is 24.3 Å². The molecule has 1 N–H and O–H groups in total. The number of nitrogens with one attached hydrogen (secondary N) is 1. The summed E-state index contributed by atoms with van der Waals surface area (Å²) >= 11 is 0. The minimum Gasteiger partial charge on any atom is -0.459 e. The summed E-state index contributed by atoms with van der Waals surface area (Å²) in [6.45, 7) is 0.0405. The fourth-order valence-electron chi connectivity index (χ4n) is 2.19. The quantitative estimate of drug-likeness (QED) is 0.667. The smallest absolute Gasteiger partial charge is 0.338 e. The first-order valence-electron chi connectivity index (χ1n) is 7.01. The first-order valence-corrected chi connectivity index (χ1v) is 7.01. The number of ether oxygens (including phenoxy) is 2. The van der Waals surface area contributed by atoms with Gasteiger partial charge in [0.2, 0.25) is 0 Å². The van der Waals surface area contributed by atoms with Gasteiger partial charge in [0.1, 0.15) is 12.7 Å². The normalized spacial score (nSPS) is 19.7. The van der Waals surface area contributed by atoms with E-state index in [9.17, 15) is 14.4 Å². The molecule has 0 saturated heterocycles. The van der Waals surface area contributed by atoms with Gasteiger partial charge in [-0.15, -0.1) is 0 Å². The highest BCUT2D eigenvalue weighted by Gasteiger charge is 2.22. The van der Waals surface area contributed by atoms with Crippen molar-refractivity contribution < 1.29 is 14.3 Å².